The van der Waals surface area contributed by atoms with Crippen LogP contribution >= 0.6 is 0 Å². The number of rotatable bonds is 1. The summed E-state index contributed by atoms with van der Waals surface area (Å²) >= 11 is 0. The van der Waals surface area contributed by atoms with E-state index in [9.17, 15) is 4.79 Å². The molecule has 0 aliphatic rings. The highest BCUT2D eigenvalue weighted by Gasteiger charge is 2.06. The van der Waals surface area contributed by atoms with E-state index in [-0.39, 0.29) is 5.56 Å². The van der Waals surface area contributed by atoms with Crippen LogP contribution in [0.15, 0.2) is 16.9 Å². The molecule has 0 saturated carbocycles. The smallest absolute Gasteiger partial charge is 0.258 e. The molecule has 1 aromatic carbocycles. The predicted molar refractivity (Wildman–Crippen MR) is 69.7 cm³/mol. The van der Waals surface area contributed by atoms with Gasteiger partial charge in [0.25, 0.3) is 5.56 Å². The molecule has 0 saturated heterocycles. The lowest BCUT2D eigenvalue weighted by Gasteiger charge is -2.06. The maximum atomic E-state index is 11.6. The number of methoxy groups -OCH3 is 1. The molecule has 4 heteroatoms. The van der Waals surface area contributed by atoms with Crippen molar-refractivity contribution in [1.82, 2.24) is 9.97 Å². The van der Waals surface area contributed by atoms with Gasteiger partial charge in [0.1, 0.15) is 11.6 Å². The van der Waals surface area contributed by atoms with Gasteiger partial charge in [-0.2, -0.15) is 0 Å². The number of nitrogens with one attached hydrogen (secondary N) is 1. The number of fused-ring (bicyclic) bond motifs is 1. The molecule has 0 aliphatic heterocycles. The lowest BCUT2D eigenvalue weighted by Crippen LogP contribution is -2.10. The molecule has 0 fully saturated rings. The van der Waals surface area contributed by atoms with Crippen LogP contribution in [0.5, 0.6) is 5.75 Å². The summed E-state index contributed by atoms with van der Waals surface area (Å²) in [7, 11) is 1.61. The highest BCUT2D eigenvalue weighted by molar-refractivity contribution is 5.80. The van der Waals surface area contributed by atoms with E-state index in [1.54, 1.807) is 26.2 Å². The van der Waals surface area contributed by atoms with Crippen molar-refractivity contribution < 1.29 is 4.74 Å². The second-order valence-corrected chi connectivity index (χ2v) is 3.49. The number of H-pyrrole nitrogens is 1. The second kappa shape index (κ2) is 5.48. The monoisotopic (exact) mass is 234 g/mol. The van der Waals surface area contributed by atoms with Crippen LogP contribution in [-0.4, -0.2) is 17.1 Å². The Labute approximate surface area is 101 Å². The van der Waals surface area contributed by atoms with Gasteiger partial charge in [0, 0.05) is 6.07 Å². The number of nitrogens with zero attached hydrogens (tertiary/aromatic N) is 1. The first-order chi connectivity index (χ1) is 8.11. The fourth-order valence-electron chi connectivity index (χ4n) is 1.61. The summed E-state index contributed by atoms with van der Waals surface area (Å²) in [6.45, 7) is 7.66. The minimum Gasteiger partial charge on any atom is -0.496 e. The first kappa shape index (κ1) is 13.2. The zero-order valence-corrected chi connectivity index (χ0v) is 10.9. The Morgan fingerprint density at radius 3 is 2.47 bits per heavy atom. The molecule has 0 radical (unpaired) electrons. The van der Waals surface area contributed by atoms with Gasteiger partial charge in [0.2, 0.25) is 0 Å². The minimum absolute atomic E-state index is 0.108. The summed E-state index contributed by atoms with van der Waals surface area (Å²) in [5.41, 5.74) is 1.49. The average Bonchev–Trinajstić information content (AvgIpc) is 2.32. The molecule has 2 aromatic rings. The third kappa shape index (κ3) is 2.64. The van der Waals surface area contributed by atoms with E-state index in [1.807, 2.05) is 20.8 Å². The Kier molecular flexibility index (Phi) is 4.26. The molecular weight excluding hydrogens is 216 g/mol. The van der Waals surface area contributed by atoms with E-state index >= 15 is 0 Å². The molecule has 4 nitrogen and oxygen atoms in total. The molecule has 17 heavy (non-hydrogen) atoms. The number of aryl methyl sites for hydroxylation is 2. The Balaban J connectivity index is 0.000000686. The van der Waals surface area contributed by atoms with Crippen molar-refractivity contribution in [2.24, 2.45) is 0 Å². The highest BCUT2D eigenvalue weighted by atomic mass is 16.5. The number of benzene rings is 1. The van der Waals surface area contributed by atoms with E-state index in [4.69, 9.17) is 4.74 Å². The zero-order chi connectivity index (χ0) is 13.0. The molecule has 0 atom stereocenters. The maximum Gasteiger partial charge on any atom is 0.258 e. The molecule has 1 heterocycles. The number of hydrogen-bond donors (Lipinski definition) is 1. The van der Waals surface area contributed by atoms with E-state index < -0.39 is 0 Å². The Bertz CT molecular complexity index is 573. The summed E-state index contributed by atoms with van der Waals surface area (Å²) in [6.07, 6.45) is 0. The van der Waals surface area contributed by atoms with Crippen LogP contribution in [0.4, 0.5) is 0 Å². The molecule has 1 N–H and O–H groups in total. The Hall–Kier alpha value is -1.84. The molecular formula is C13H18N2O2. The van der Waals surface area contributed by atoms with Crippen LogP contribution in [0.1, 0.15) is 25.2 Å². The molecule has 0 unspecified atom stereocenters. The van der Waals surface area contributed by atoms with Crippen molar-refractivity contribution >= 4 is 10.9 Å². The summed E-state index contributed by atoms with van der Waals surface area (Å²) < 4.78 is 5.18. The number of aromatic nitrogens is 2. The van der Waals surface area contributed by atoms with Crippen LogP contribution in [0.2, 0.25) is 0 Å². The van der Waals surface area contributed by atoms with Crippen molar-refractivity contribution in [3.05, 3.63) is 33.9 Å². The quantitative estimate of drug-likeness (QED) is 0.825. The first-order valence-electron chi connectivity index (χ1n) is 5.67. The van der Waals surface area contributed by atoms with Gasteiger partial charge in [-0.15, -0.1) is 0 Å². The van der Waals surface area contributed by atoms with Gasteiger partial charge in [-0.3, -0.25) is 4.79 Å². The van der Waals surface area contributed by atoms with Crippen molar-refractivity contribution in [1.29, 1.82) is 0 Å². The SMILES string of the molecule is CC.COc1cc2nc(C)[nH]c(=O)c2cc1C. The van der Waals surface area contributed by atoms with Gasteiger partial charge < -0.3 is 9.72 Å². The van der Waals surface area contributed by atoms with E-state index in [1.165, 1.54) is 0 Å². The van der Waals surface area contributed by atoms with Gasteiger partial charge in [0.15, 0.2) is 0 Å². The fraction of sp³-hybridized carbons (Fsp3) is 0.385. The van der Waals surface area contributed by atoms with Gasteiger partial charge in [-0.1, -0.05) is 13.8 Å². The van der Waals surface area contributed by atoms with Crippen molar-refractivity contribution in [3.8, 4) is 5.75 Å². The number of aromatic amines is 1. The summed E-state index contributed by atoms with van der Waals surface area (Å²) in [5, 5.41) is 0.596. The maximum absolute atomic E-state index is 11.6. The summed E-state index contributed by atoms with van der Waals surface area (Å²) in [6, 6.07) is 3.58. The predicted octanol–water partition coefficient (Wildman–Crippen LogP) is 2.57. The average molecular weight is 234 g/mol. The van der Waals surface area contributed by atoms with Crippen LogP contribution in [-0.2, 0) is 0 Å². The van der Waals surface area contributed by atoms with Crippen LogP contribution < -0.4 is 10.3 Å². The molecule has 0 bridgehead atoms. The van der Waals surface area contributed by atoms with Gasteiger partial charge in [-0.25, -0.2) is 4.98 Å². The van der Waals surface area contributed by atoms with E-state index in [2.05, 4.69) is 9.97 Å². The normalized spacial score (nSPS) is 9.71. The van der Waals surface area contributed by atoms with Crippen LogP contribution in [0.25, 0.3) is 10.9 Å². The molecule has 92 valence electrons. The topological polar surface area (TPSA) is 55.0 Å². The molecule has 2 rings (SSSR count). The largest absolute Gasteiger partial charge is 0.496 e. The second-order valence-electron chi connectivity index (χ2n) is 3.49. The molecule has 1 aromatic heterocycles. The Morgan fingerprint density at radius 2 is 1.88 bits per heavy atom. The van der Waals surface area contributed by atoms with Crippen LogP contribution in [0.3, 0.4) is 0 Å². The van der Waals surface area contributed by atoms with Gasteiger partial charge >= 0.3 is 0 Å². The minimum atomic E-state index is -0.108. The third-order valence-corrected chi connectivity index (χ3v) is 2.34. The fourth-order valence-corrected chi connectivity index (χ4v) is 1.61. The first-order valence-corrected chi connectivity index (χ1v) is 5.67. The van der Waals surface area contributed by atoms with Crippen molar-refractivity contribution in [2.75, 3.05) is 7.11 Å². The van der Waals surface area contributed by atoms with Crippen molar-refractivity contribution in [3.63, 3.8) is 0 Å². The van der Waals surface area contributed by atoms with Crippen LogP contribution in [0, 0.1) is 13.8 Å². The zero-order valence-electron chi connectivity index (χ0n) is 10.9. The standard InChI is InChI=1S/C11H12N2O2.C2H6/c1-6-4-8-9(5-10(6)15-3)12-7(2)13-11(8)14;1-2/h4-5H,1-3H3,(H,12,13,14);1-2H3. The van der Waals surface area contributed by atoms with Gasteiger partial charge in [-0.05, 0) is 25.5 Å². The molecule has 0 spiro atoms. The van der Waals surface area contributed by atoms with E-state index in [0.29, 0.717) is 16.7 Å². The lowest BCUT2D eigenvalue weighted by atomic mass is 10.1. The highest BCUT2D eigenvalue weighted by Crippen LogP contribution is 2.21. The number of ether oxygens (including phenoxy) is 1. The Morgan fingerprint density at radius 1 is 1.24 bits per heavy atom. The summed E-state index contributed by atoms with van der Waals surface area (Å²) in [5.74, 6) is 1.36. The number of hydrogen-bond acceptors (Lipinski definition) is 3. The van der Waals surface area contributed by atoms with E-state index in [0.717, 1.165) is 11.3 Å². The summed E-state index contributed by atoms with van der Waals surface area (Å²) in [4.78, 5) is 18.5. The molecule has 0 amide bonds. The van der Waals surface area contributed by atoms with Crippen molar-refractivity contribution in [2.45, 2.75) is 27.7 Å². The lowest BCUT2D eigenvalue weighted by molar-refractivity contribution is 0.412. The third-order valence-electron chi connectivity index (χ3n) is 2.34. The molecule has 0 aliphatic carbocycles. The van der Waals surface area contributed by atoms with Gasteiger partial charge in [0.05, 0.1) is 18.0 Å².